The largest absolute Gasteiger partial charge is 0.481 e. The van der Waals surface area contributed by atoms with Gasteiger partial charge < -0.3 is 10.4 Å². The minimum atomic E-state index is -4.22. The number of nitrogens with one attached hydrogen (secondary N) is 1. The third-order valence-electron chi connectivity index (χ3n) is 3.34. The Morgan fingerprint density at radius 3 is 2.57 bits per heavy atom. The summed E-state index contributed by atoms with van der Waals surface area (Å²) in [5, 5.41) is 11.3. The molecule has 0 radical (unpaired) electrons. The van der Waals surface area contributed by atoms with Gasteiger partial charge >= 0.3 is 12.1 Å². The highest BCUT2D eigenvalue weighted by Gasteiger charge is 2.48. The first kappa shape index (κ1) is 15.3. The van der Waals surface area contributed by atoms with Crippen molar-refractivity contribution >= 4 is 17.6 Å². The van der Waals surface area contributed by atoms with E-state index < -0.39 is 36.3 Å². The lowest BCUT2D eigenvalue weighted by Crippen LogP contribution is -2.17. The normalized spacial score (nSPS) is 20.9. The molecule has 1 fully saturated rings. The maximum atomic E-state index is 12.2. The van der Waals surface area contributed by atoms with Gasteiger partial charge in [-0.2, -0.15) is 13.2 Å². The zero-order chi connectivity index (χ0) is 15.6. The molecule has 7 heteroatoms. The van der Waals surface area contributed by atoms with Crippen molar-refractivity contribution in [3.05, 3.63) is 29.8 Å². The van der Waals surface area contributed by atoms with Crippen LogP contribution in [0.1, 0.15) is 18.4 Å². The molecule has 2 rings (SSSR count). The van der Waals surface area contributed by atoms with E-state index in [2.05, 4.69) is 5.32 Å². The van der Waals surface area contributed by atoms with E-state index in [1.165, 1.54) is 6.07 Å². The second-order valence-corrected chi connectivity index (χ2v) is 5.09. The molecule has 0 heterocycles. The van der Waals surface area contributed by atoms with Gasteiger partial charge in [-0.1, -0.05) is 12.1 Å². The van der Waals surface area contributed by atoms with E-state index in [-0.39, 0.29) is 6.42 Å². The van der Waals surface area contributed by atoms with Crippen LogP contribution in [0.4, 0.5) is 18.9 Å². The molecule has 0 saturated heterocycles. The van der Waals surface area contributed by atoms with E-state index in [0.717, 1.165) is 0 Å². The smallest absolute Gasteiger partial charge is 0.389 e. The molecule has 2 atom stereocenters. The monoisotopic (exact) mass is 301 g/mol. The number of hydrogen-bond acceptors (Lipinski definition) is 2. The second kappa shape index (κ2) is 5.75. The summed E-state index contributed by atoms with van der Waals surface area (Å²) in [5.74, 6) is -2.62. The van der Waals surface area contributed by atoms with Crippen LogP contribution in [0, 0.1) is 11.8 Å². The van der Waals surface area contributed by atoms with E-state index in [1.807, 2.05) is 0 Å². The van der Waals surface area contributed by atoms with Crippen LogP contribution in [0.3, 0.4) is 0 Å². The highest BCUT2D eigenvalue weighted by molar-refractivity contribution is 5.98. The first-order valence-electron chi connectivity index (χ1n) is 6.45. The van der Waals surface area contributed by atoms with Crippen LogP contribution < -0.4 is 5.32 Å². The first-order chi connectivity index (χ1) is 9.76. The van der Waals surface area contributed by atoms with Crippen LogP contribution in [-0.2, 0) is 16.0 Å². The molecule has 0 aliphatic heterocycles. The Morgan fingerprint density at radius 1 is 1.29 bits per heavy atom. The van der Waals surface area contributed by atoms with E-state index in [4.69, 9.17) is 5.11 Å². The minimum Gasteiger partial charge on any atom is -0.481 e. The van der Waals surface area contributed by atoms with Crippen molar-refractivity contribution in [2.45, 2.75) is 25.4 Å². The summed E-state index contributed by atoms with van der Waals surface area (Å²) in [7, 11) is 0. The van der Waals surface area contributed by atoms with Crippen LogP contribution >= 0.6 is 0 Å². The number of carbonyl (C=O) groups excluding carboxylic acids is 1. The number of carbonyl (C=O) groups is 2. The van der Waals surface area contributed by atoms with Gasteiger partial charge in [0.1, 0.15) is 0 Å². The van der Waals surface area contributed by atoms with E-state index >= 15 is 0 Å². The van der Waals surface area contributed by atoms with Crippen molar-refractivity contribution in [3.8, 4) is 0 Å². The highest BCUT2D eigenvalue weighted by atomic mass is 19.4. The molecule has 1 aliphatic carbocycles. The summed E-state index contributed by atoms with van der Waals surface area (Å²) in [6.07, 6.45) is -5.00. The molecule has 1 aliphatic rings. The maximum absolute atomic E-state index is 12.2. The predicted octanol–water partition coefficient (Wildman–Crippen LogP) is 2.84. The quantitative estimate of drug-likeness (QED) is 0.879. The number of benzene rings is 1. The van der Waals surface area contributed by atoms with Crippen LogP contribution in [0.2, 0.25) is 0 Å². The summed E-state index contributed by atoms with van der Waals surface area (Å²) >= 11 is 0. The highest BCUT2D eigenvalue weighted by Crippen LogP contribution is 2.39. The summed E-state index contributed by atoms with van der Waals surface area (Å²) in [5.41, 5.74) is 0.853. The van der Waals surface area contributed by atoms with Crippen LogP contribution in [0.5, 0.6) is 0 Å². The van der Waals surface area contributed by atoms with Gasteiger partial charge in [-0.3, -0.25) is 9.59 Å². The average molecular weight is 301 g/mol. The van der Waals surface area contributed by atoms with E-state index in [9.17, 15) is 22.8 Å². The van der Waals surface area contributed by atoms with Gasteiger partial charge in [-0.05, 0) is 30.5 Å². The predicted molar refractivity (Wildman–Crippen MR) is 68.7 cm³/mol. The fraction of sp³-hybridized carbons (Fsp3) is 0.429. The molecule has 2 N–H and O–H groups in total. The van der Waals surface area contributed by atoms with Crippen molar-refractivity contribution in [2.24, 2.45) is 11.8 Å². The summed E-state index contributed by atoms with van der Waals surface area (Å²) in [6, 6.07) is 6.15. The van der Waals surface area contributed by atoms with Gasteiger partial charge in [0.25, 0.3) is 0 Å². The summed E-state index contributed by atoms with van der Waals surface area (Å²) in [4.78, 5) is 22.4. The van der Waals surface area contributed by atoms with Crippen molar-refractivity contribution < 1.29 is 27.9 Å². The number of anilines is 1. The fourth-order valence-corrected chi connectivity index (χ4v) is 2.08. The average Bonchev–Trinajstić information content (AvgIpc) is 3.16. The van der Waals surface area contributed by atoms with Crippen LogP contribution in [0.15, 0.2) is 24.3 Å². The molecule has 0 spiro atoms. The minimum absolute atomic E-state index is 0.158. The topological polar surface area (TPSA) is 66.4 Å². The zero-order valence-electron chi connectivity index (χ0n) is 11.0. The molecule has 114 valence electrons. The number of aryl methyl sites for hydroxylation is 1. The number of rotatable bonds is 5. The van der Waals surface area contributed by atoms with Crippen molar-refractivity contribution in [3.63, 3.8) is 0 Å². The SMILES string of the molecule is O=C(O)C1CC1C(=O)Nc1cccc(CCC(F)(F)F)c1. The van der Waals surface area contributed by atoms with Gasteiger partial charge in [0.15, 0.2) is 0 Å². The number of carboxylic acid groups (broad SMARTS) is 1. The molecule has 21 heavy (non-hydrogen) atoms. The van der Waals surface area contributed by atoms with Crippen LogP contribution in [-0.4, -0.2) is 23.2 Å². The lowest BCUT2D eigenvalue weighted by atomic mass is 10.1. The van der Waals surface area contributed by atoms with Crippen molar-refractivity contribution in [1.82, 2.24) is 0 Å². The molecular formula is C14H14F3NO3. The molecule has 1 aromatic rings. The molecule has 1 aromatic carbocycles. The molecule has 0 bridgehead atoms. The van der Waals surface area contributed by atoms with Crippen LogP contribution in [0.25, 0.3) is 0 Å². The Balaban J connectivity index is 1.92. The van der Waals surface area contributed by atoms with Gasteiger partial charge in [0.05, 0.1) is 11.8 Å². The zero-order valence-corrected chi connectivity index (χ0v) is 11.0. The Labute approximate surface area is 119 Å². The standard InChI is InChI=1S/C14H14F3NO3/c15-14(16,17)5-4-8-2-1-3-9(6-8)18-12(19)10-7-11(10)13(20)21/h1-3,6,10-11H,4-5,7H2,(H,18,19)(H,20,21). The molecule has 1 saturated carbocycles. The Hall–Kier alpha value is -2.05. The van der Waals surface area contributed by atoms with Gasteiger partial charge in [0, 0.05) is 12.1 Å². The maximum Gasteiger partial charge on any atom is 0.389 e. The van der Waals surface area contributed by atoms with Gasteiger partial charge in [-0.15, -0.1) is 0 Å². The Morgan fingerprint density at radius 2 is 2.00 bits per heavy atom. The fourth-order valence-electron chi connectivity index (χ4n) is 2.08. The summed E-state index contributed by atoms with van der Waals surface area (Å²) in [6.45, 7) is 0. The molecule has 2 unspecified atom stereocenters. The van der Waals surface area contributed by atoms with Crippen molar-refractivity contribution in [1.29, 1.82) is 0 Å². The van der Waals surface area contributed by atoms with Crippen molar-refractivity contribution in [2.75, 3.05) is 5.32 Å². The van der Waals surface area contributed by atoms with E-state index in [1.54, 1.807) is 18.2 Å². The molecular weight excluding hydrogens is 287 g/mol. The third kappa shape index (κ3) is 4.47. The summed E-state index contributed by atoms with van der Waals surface area (Å²) < 4.78 is 36.5. The van der Waals surface area contributed by atoms with Gasteiger partial charge in [0.2, 0.25) is 5.91 Å². The second-order valence-electron chi connectivity index (χ2n) is 5.09. The number of hydrogen-bond donors (Lipinski definition) is 2. The molecule has 4 nitrogen and oxygen atoms in total. The molecule has 0 aromatic heterocycles. The number of aliphatic carboxylic acids is 1. The number of carboxylic acids is 1. The van der Waals surface area contributed by atoms with Gasteiger partial charge in [-0.25, -0.2) is 0 Å². The Kier molecular flexibility index (Phi) is 4.20. The van der Waals surface area contributed by atoms with E-state index in [0.29, 0.717) is 17.7 Å². The lowest BCUT2D eigenvalue weighted by Gasteiger charge is -2.09. The first-order valence-corrected chi connectivity index (χ1v) is 6.45. The number of amides is 1. The third-order valence-corrected chi connectivity index (χ3v) is 3.34. The number of halogens is 3. The number of alkyl halides is 3. The Bertz CT molecular complexity index is 557. The lowest BCUT2D eigenvalue weighted by molar-refractivity contribution is -0.139. The molecule has 1 amide bonds.